The second-order valence-corrected chi connectivity index (χ2v) is 6.00. The number of nitrogens with zero attached hydrogens (tertiary/aromatic N) is 1. The Morgan fingerprint density at radius 3 is 2.89 bits per heavy atom. The average molecular weight is 327 g/mol. The van der Waals surface area contributed by atoms with E-state index in [-0.39, 0.29) is 6.04 Å². The highest BCUT2D eigenvalue weighted by atomic mass is 79.9. The molecule has 0 saturated heterocycles. The second-order valence-electron chi connectivity index (χ2n) is 4.14. The fraction of sp³-hybridized carbons (Fsp3) is 0.308. The number of rotatable bonds is 4. The minimum absolute atomic E-state index is 0.0499. The van der Waals surface area contributed by atoms with Crippen molar-refractivity contribution in [3.05, 3.63) is 44.3 Å². The van der Waals surface area contributed by atoms with E-state index < -0.39 is 0 Å². The number of hydrogen-bond donors (Lipinski definition) is 1. The summed E-state index contributed by atoms with van der Waals surface area (Å²) in [5.74, 6) is 0.812. The van der Waals surface area contributed by atoms with Crippen LogP contribution in [0, 0.1) is 6.92 Å². The van der Waals surface area contributed by atoms with E-state index in [4.69, 9.17) is 10.5 Å². The summed E-state index contributed by atoms with van der Waals surface area (Å²) >= 11 is 5.05. The average Bonchev–Trinajstić information content (AvgIpc) is 2.72. The molecular formula is C13H15BrN2OS. The summed E-state index contributed by atoms with van der Waals surface area (Å²) in [7, 11) is 0. The first-order chi connectivity index (χ1) is 8.56. The number of thiazole rings is 1. The molecule has 1 aromatic heterocycles. The molecule has 2 aromatic rings. The normalized spacial score (nSPS) is 12.4. The molecule has 0 spiro atoms. The summed E-state index contributed by atoms with van der Waals surface area (Å²) in [6.07, 6.45) is 0. The van der Waals surface area contributed by atoms with Crippen LogP contribution in [0.1, 0.15) is 29.2 Å². The molecule has 5 heteroatoms. The molecule has 0 aliphatic carbocycles. The fourth-order valence-corrected chi connectivity index (χ4v) is 2.64. The largest absolute Gasteiger partial charge is 0.486 e. The van der Waals surface area contributed by atoms with Crippen molar-refractivity contribution >= 4 is 27.3 Å². The number of hydrogen-bond acceptors (Lipinski definition) is 4. The van der Waals surface area contributed by atoms with Crippen molar-refractivity contribution in [2.45, 2.75) is 26.5 Å². The lowest BCUT2D eigenvalue weighted by Gasteiger charge is -2.13. The van der Waals surface area contributed by atoms with Gasteiger partial charge in [-0.15, -0.1) is 11.3 Å². The molecule has 1 atom stereocenters. The molecule has 1 unspecified atom stereocenters. The van der Waals surface area contributed by atoms with Gasteiger partial charge in [0.05, 0.1) is 0 Å². The molecule has 0 aliphatic rings. The number of benzene rings is 1. The fourth-order valence-electron chi connectivity index (χ4n) is 1.62. The molecule has 1 aromatic carbocycles. The van der Waals surface area contributed by atoms with Gasteiger partial charge in [-0.2, -0.15) is 0 Å². The van der Waals surface area contributed by atoms with Crippen LogP contribution in [0.15, 0.2) is 28.1 Å². The zero-order valence-corrected chi connectivity index (χ0v) is 12.7. The van der Waals surface area contributed by atoms with Gasteiger partial charge in [0.25, 0.3) is 0 Å². The molecule has 3 nitrogen and oxygen atoms in total. The number of aromatic nitrogens is 1. The molecule has 0 amide bonds. The van der Waals surface area contributed by atoms with Crippen molar-refractivity contribution in [2.24, 2.45) is 5.73 Å². The summed E-state index contributed by atoms with van der Waals surface area (Å²) in [5, 5.41) is 3.00. The van der Waals surface area contributed by atoms with E-state index >= 15 is 0 Å². The van der Waals surface area contributed by atoms with Gasteiger partial charge in [0.2, 0.25) is 0 Å². The smallest absolute Gasteiger partial charge is 0.140 e. The first-order valence-corrected chi connectivity index (χ1v) is 7.32. The highest BCUT2D eigenvalue weighted by Gasteiger charge is 2.09. The zero-order chi connectivity index (χ0) is 13.1. The molecule has 0 bridgehead atoms. The molecule has 96 valence electrons. The number of nitrogens with two attached hydrogens (primary N) is 1. The minimum Gasteiger partial charge on any atom is -0.486 e. The Morgan fingerprint density at radius 1 is 1.50 bits per heavy atom. The van der Waals surface area contributed by atoms with Gasteiger partial charge in [0.15, 0.2) is 0 Å². The number of ether oxygens (including phenoxy) is 1. The molecule has 1 heterocycles. The van der Waals surface area contributed by atoms with Gasteiger partial charge in [-0.05, 0) is 26.0 Å². The van der Waals surface area contributed by atoms with Gasteiger partial charge in [0.1, 0.15) is 17.4 Å². The lowest BCUT2D eigenvalue weighted by atomic mass is 10.1. The van der Waals surface area contributed by atoms with E-state index in [2.05, 4.69) is 20.9 Å². The van der Waals surface area contributed by atoms with Crippen LogP contribution in [0.2, 0.25) is 0 Å². The SMILES string of the molecule is Cc1csc(COc2cc(Br)ccc2C(C)N)n1. The monoisotopic (exact) mass is 326 g/mol. The third-order valence-corrected chi connectivity index (χ3v) is 3.92. The molecule has 18 heavy (non-hydrogen) atoms. The second kappa shape index (κ2) is 5.82. The Kier molecular flexibility index (Phi) is 4.37. The van der Waals surface area contributed by atoms with Gasteiger partial charge in [-0.25, -0.2) is 4.98 Å². The lowest BCUT2D eigenvalue weighted by molar-refractivity contribution is 0.300. The number of halogens is 1. The minimum atomic E-state index is -0.0499. The van der Waals surface area contributed by atoms with Crippen LogP contribution in [0.4, 0.5) is 0 Å². The summed E-state index contributed by atoms with van der Waals surface area (Å²) < 4.78 is 6.80. The van der Waals surface area contributed by atoms with Crippen molar-refractivity contribution in [3.63, 3.8) is 0 Å². The third-order valence-electron chi connectivity index (χ3n) is 2.48. The highest BCUT2D eigenvalue weighted by molar-refractivity contribution is 9.10. The van der Waals surface area contributed by atoms with E-state index in [1.54, 1.807) is 11.3 Å². The molecule has 0 fully saturated rings. The van der Waals surface area contributed by atoms with Crippen molar-refractivity contribution in [3.8, 4) is 5.75 Å². The maximum Gasteiger partial charge on any atom is 0.140 e. The first kappa shape index (κ1) is 13.5. The molecule has 2 rings (SSSR count). The highest BCUT2D eigenvalue weighted by Crippen LogP contribution is 2.28. The predicted octanol–water partition coefficient (Wildman–Crippen LogP) is 3.81. The predicted molar refractivity (Wildman–Crippen MR) is 77.9 cm³/mol. The van der Waals surface area contributed by atoms with Gasteiger partial charge in [-0.3, -0.25) is 0 Å². The van der Waals surface area contributed by atoms with Crippen LogP contribution in [0.5, 0.6) is 5.75 Å². The number of aryl methyl sites for hydroxylation is 1. The van der Waals surface area contributed by atoms with E-state index in [0.29, 0.717) is 6.61 Å². The van der Waals surface area contributed by atoms with E-state index in [1.807, 2.05) is 37.4 Å². The van der Waals surface area contributed by atoms with Crippen molar-refractivity contribution in [1.29, 1.82) is 0 Å². The van der Waals surface area contributed by atoms with Crippen LogP contribution in [-0.4, -0.2) is 4.98 Å². The van der Waals surface area contributed by atoms with Crippen LogP contribution < -0.4 is 10.5 Å². The van der Waals surface area contributed by atoms with E-state index in [9.17, 15) is 0 Å². The summed E-state index contributed by atoms with van der Waals surface area (Å²) in [4.78, 5) is 4.37. The standard InChI is InChI=1S/C13H15BrN2OS/c1-8-7-18-13(16-8)6-17-12-5-10(14)3-4-11(12)9(2)15/h3-5,7,9H,6,15H2,1-2H3. The summed E-state index contributed by atoms with van der Waals surface area (Å²) in [6, 6.07) is 5.85. The molecule has 0 saturated carbocycles. The van der Waals surface area contributed by atoms with E-state index in [0.717, 1.165) is 26.5 Å². The molecular weight excluding hydrogens is 312 g/mol. The Morgan fingerprint density at radius 2 is 2.28 bits per heavy atom. The maximum absolute atomic E-state index is 5.93. The summed E-state index contributed by atoms with van der Waals surface area (Å²) in [6.45, 7) is 4.41. The van der Waals surface area contributed by atoms with Crippen LogP contribution >= 0.6 is 27.3 Å². The van der Waals surface area contributed by atoms with Crippen LogP contribution in [0.25, 0.3) is 0 Å². The summed E-state index contributed by atoms with van der Waals surface area (Å²) in [5.41, 5.74) is 7.96. The Balaban J connectivity index is 2.15. The lowest BCUT2D eigenvalue weighted by Crippen LogP contribution is -2.08. The topological polar surface area (TPSA) is 48.1 Å². The van der Waals surface area contributed by atoms with Crippen molar-refractivity contribution < 1.29 is 4.74 Å². The Hall–Kier alpha value is -0.910. The van der Waals surface area contributed by atoms with Gasteiger partial charge in [0, 0.05) is 27.2 Å². The van der Waals surface area contributed by atoms with E-state index in [1.165, 1.54) is 0 Å². The Labute approximate surface area is 119 Å². The van der Waals surface area contributed by atoms with Gasteiger partial charge in [-0.1, -0.05) is 22.0 Å². The molecule has 0 aliphatic heterocycles. The Bertz CT molecular complexity index is 540. The van der Waals surface area contributed by atoms with Gasteiger partial charge >= 0.3 is 0 Å². The van der Waals surface area contributed by atoms with Crippen molar-refractivity contribution in [2.75, 3.05) is 0 Å². The maximum atomic E-state index is 5.93. The van der Waals surface area contributed by atoms with Crippen LogP contribution in [0.3, 0.4) is 0 Å². The molecule has 2 N–H and O–H groups in total. The van der Waals surface area contributed by atoms with Gasteiger partial charge < -0.3 is 10.5 Å². The van der Waals surface area contributed by atoms with Crippen LogP contribution in [-0.2, 0) is 6.61 Å². The quantitative estimate of drug-likeness (QED) is 0.929. The van der Waals surface area contributed by atoms with Crippen molar-refractivity contribution in [1.82, 2.24) is 4.98 Å². The third kappa shape index (κ3) is 3.31. The molecule has 0 radical (unpaired) electrons. The first-order valence-electron chi connectivity index (χ1n) is 5.65. The zero-order valence-electron chi connectivity index (χ0n) is 10.3.